The molecule has 4 aliphatic heterocycles. The number of nitrogens with one attached hydrogen (secondary N) is 3. The molecule has 0 radical (unpaired) electrons. The second-order valence-electron chi connectivity index (χ2n) is 19.0. The molecular weight excluding hydrogens is 857 g/mol. The van der Waals surface area contributed by atoms with Gasteiger partial charge in [-0.05, 0) is 79.6 Å². The lowest BCUT2D eigenvalue weighted by atomic mass is 9.83. The zero-order valence-electron chi connectivity index (χ0n) is 38.6. The van der Waals surface area contributed by atoms with Crippen LogP contribution in [0.3, 0.4) is 0 Å². The van der Waals surface area contributed by atoms with Crippen LogP contribution in [0.5, 0.6) is 0 Å². The minimum atomic E-state index is -1.29. The summed E-state index contributed by atoms with van der Waals surface area (Å²) in [6.45, 7) is 7.65. The van der Waals surface area contributed by atoms with Crippen LogP contribution in [0.25, 0.3) is 0 Å². The highest BCUT2D eigenvalue weighted by molar-refractivity contribution is 5.06. The molecule has 24 heteroatoms. The predicted octanol–water partition coefficient (Wildman–Crippen LogP) is -6.79. The van der Waals surface area contributed by atoms with Gasteiger partial charge in [0.2, 0.25) is 6.29 Å². The largest absolute Gasteiger partial charge is 0.467 e. The van der Waals surface area contributed by atoms with Gasteiger partial charge in [0.25, 0.3) is 0 Å². The molecule has 0 aromatic carbocycles. The lowest BCUT2D eigenvalue weighted by Crippen LogP contribution is -2.69. The van der Waals surface area contributed by atoms with Crippen molar-refractivity contribution < 1.29 is 68.5 Å². The van der Waals surface area contributed by atoms with E-state index < -0.39 is 121 Å². The van der Waals surface area contributed by atoms with E-state index in [2.05, 4.69) is 16.0 Å². The van der Waals surface area contributed by atoms with Gasteiger partial charge in [-0.1, -0.05) is 6.92 Å². The molecule has 4 heterocycles. The number of rotatable bonds is 14. The Labute approximate surface area is 381 Å². The predicted molar refractivity (Wildman–Crippen MR) is 235 cm³/mol. The lowest BCUT2D eigenvalue weighted by molar-refractivity contribution is -0.307. The molecule has 6 aliphatic rings. The third kappa shape index (κ3) is 12.9. The van der Waals surface area contributed by atoms with Crippen LogP contribution in [0.1, 0.15) is 59.8 Å². The molecule has 65 heavy (non-hydrogen) atoms. The van der Waals surface area contributed by atoms with Crippen molar-refractivity contribution in [2.24, 2.45) is 40.1 Å². The minimum absolute atomic E-state index is 0.0483. The van der Waals surface area contributed by atoms with E-state index in [0.717, 1.165) is 6.42 Å². The van der Waals surface area contributed by atoms with Crippen LogP contribution in [0.15, 0.2) is 11.8 Å². The van der Waals surface area contributed by atoms with E-state index in [0.29, 0.717) is 38.0 Å². The van der Waals surface area contributed by atoms with Crippen LogP contribution in [0.4, 0.5) is 0 Å². The Kier molecular flexibility index (Phi) is 19.7. The molecule has 3 unspecified atom stereocenters. The topological polar surface area (TPSA) is 413 Å². The highest BCUT2D eigenvalue weighted by Gasteiger charge is 2.53. The smallest absolute Gasteiger partial charge is 0.215 e. The van der Waals surface area contributed by atoms with E-state index in [-0.39, 0.29) is 44.0 Å². The van der Waals surface area contributed by atoms with Crippen LogP contribution < -0.4 is 56.1 Å². The Bertz CT molecular complexity index is 1500. The Morgan fingerprint density at radius 3 is 1.66 bits per heavy atom. The highest BCUT2D eigenvalue weighted by atomic mass is 16.7. The standard InChI is InChI=1S/C21H41N5O7.C20H41N5O7/c1-4-26-13-7-12(24)16(32-19-11(23)6-5-10(8-22)31-19)14(27)17(13)33-20-15(28)18(25-3)21(2,29)9-30-20;1-8(21)12-5-4-9(22)18(30-12)31-15-10(23)6-11(24)16(13(15)26)32-19-14(27)17(25-3)20(2,28)7-29-19/h5,11-20,25-29H,4,6-9,22-24H2,1-3H3;8-19,25-28H,4-7,21-24H2,1-3H3/t11?,12-,13+,14-,15+,16+,17-,18+,19?,20+,21-;8?,9-,10+,11-,12+,13+,14-,15-,16+,17-,18-,19-,20+/m01/s1. The van der Waals surface area contributed by atoms with Gasteiger partial charge in [0.15, 0.2) is 18.9 Å². The molecular formula is C41H82N10O14. The van der Waals surface area contributed by atoms with Gasteiger partial charge in [-0.25, -0.2) is 0 Å². The van der Waals surface area contributed by atoms with E-state index >= 15 is 0 Å². The van der Waals surface area contributed by atoms with Crippen LogP contribution >= 0.6 is 0 Å². The first kappa shape index (κ1) is 54.6. The van der Waals surface area contributed by atoms with Gasteiger partial charge in [0.05, 0.1) is 50.0 Å². The SMILES string of the molecule is CCN[C@@H]1C[C@H](N)[C@@H](OC2OC(CN)=CCC2N)[C@H](O)[C@H]1O[C@H]1OC[C@](C)(O)[C@H](NC)[C@H]1O.CN[C@@H]1[C@@H](O)[C@@H](O[C@@H]2[C@@H](O)[C@H](O[C@H]3O[C@H](C(C)N)CC[C@H]3N)[C@@H](N)C[C@H]2N)OC[C@]1(C)O. The third-order valence-electron chi connectivity index (χ3n) is 13.5. The fraction of sp³-hybridized carbons (Fsp3) is 0.951. The normalized spacial score (nSPS) is 48.9. The molecule has 0 amide bonds. The fourth-order valence-electron chi connectivity index (χ4n) is 9.73. The molecule has 24 nitrogen and oxygen atoms in total. The van der Waals surface area contributed by atoms with Crippen molar-refractivity contribution in [3.05, 3.63) is 11.8 Å². The Morgan fingerprint density at radius 1 is 0.692 bits per heavy atom. The summed E-state index contributed by atoms with van der Waals surface area (Å²) in [6, 6.07) is -4.42. The van der Waals surface area contributed by atoms with Crippen molar-refractivity contribution in [3.63, 3.8) is 0 Å². The molecule has 0 aromatic heterocycles. The molecule has 24 atom stereocenters. The monoisotopic (exact) mass is 939 g/mol. The summed E-state index contributed by atoms with van der Waals surface area (Å²) in [7, 11) is 3.26. The molecule has 380 valence electrons. The minimum Gasteiger partial charge on any atom is -0.467 e. The summed E-state index contributed by atoms with van der Waals surface area (Å²) in [6.07, 6.45) is -7.64. The van der Waals surface area contributed by atoms with E-state index in [4.69, 9.17) is 78.0 Å². The van der Waals surface area contributed by atoms with Gasteiger partial charge in [-0.2, -0.15) is 0 Å². The molecule has 0 spiro atoms. The number of nitrogens with two attached hydrogens (primary N) is 7. The van der Waals surface area contributed by atoms with Gasteiger partial charge >= 0.3 is 0 Å². The van der Waals surface area contributed by atoms with Gasteiger partial charge < -0.3 is 125 Å². The maximum atomic E-state index is 11.3. The first-order chi connectivity index (χ1) is 30.6. The molecule has 6 rings (SSSR count). The second-order valence-corrected chi connectivity index (χ2v) is 19.0. The summed E-state index contributed by atoms with van der Waals surface area (Å²) in [5, 5.41) is 73.8. The fourth-order valence-corrected chi connectivity index (χ4v) is 9.73. The van der Waals surface area contributed by atoms with Crippen molar-refractivity contribution in [1.29, 1.82) is 0 Å². The Balaban J connectivity index is 0.000000244. The number of hydrogen-bond donors (Lipinski definition) is 16. The molecule has 2 saturated carbocycles. The molecule has 3 saturated heterocycles. The van der Waals surface area contributed by atoms with Gasteiger partial charge in [-0.3, -0.25) is 0 Å². The Morgan fingerprint density at radius 2 is 1.17 bits per heavy atom. The van der Waals surface area contributed by atoms with Crippen LogP contribution in [-0.4, -0.2) is 217 Å². The summed E-state index contributed by atoms with van der Waals surface area (Å²) >= 11 is 0. The summed E-state index contributed by atoms with van der Waals surface area (Å²) in [4.78, 5) is 0. The van der Waals surface area contributed by atoms with Gasteiger partial charge in [-0.15, -0.1) is 0 Å². The van der Waals surface area contributed by atoms with Gasteiger partial charge in [0.1, 0.15) is 65.8 Å². The molecule has 5 fully saturated rings. The number of ether oxygens (including phenoxy) is 8. The average Bonchev–Trinajstić information content (AvgIpc) is 3.24. The quantitative estimate of drug-likeness (QED) is 0.0769. The van der Waals surface area contributed by atoms with Crippen molar-refractivity contribution in [2.75, 3.05) is 40.4 Å². The van der Waals surface area contributed by atoms with Crippen molar-refractivity contribution in [1.82, 2.24) is 16.0 Å². The van der Waals surface area contributed by atoms with E-state index in [9.17, 15) is 30.6 Å². The van der Waals surface area contributed by atoms with Crippen molar-refractivity contribution in [2.45, 2.75) is 205 Å². The summed E-state index contributed by atoms with van der Waals surface area (Å²) < 4.78 is 47.0. The average molecular weight is 939 g/mol. The number of aliphatic hydroxyl groups is 6. The molecule has 2 aliphatic carbocycles. The van der Waals surface area contributed by atoms with Crippen LogP contribution in [0.2, 0.25) is 0 Å². The third-order valence-corrected chi connectivity index (χ3v) is 13.5. The summed E-state index contributed by atoms with van der Waals surface area (Å²) in [5.41, 5.74) is 40.3. The Hall–Kier alpha value is -1.38. The van der Waals surface area contributed by atoms with Gasteiger partial charge in [0, 0.05) is 30.2 Å². The van der Waals surface area contributed by atoms with E-state index in [1.807, 2.05) is 19.9 Å². The number of likely N-dealkylation sites (N-methyl/N-ethyl adjacent to an activating group) is 3. The van der Waals surface area contributed by atoms with Crippen molar-refractivity contribution in [3.8, 4) is 0 Å². The highest BCUT2D eigenvalue weighted by Crippen LogP contribution is 2.34. The zero-order valence-corrected chi connectivity index (χ0v) is 38.6. The number of hydrogen-bond acceptors (Lipinski definition) is 24. The molecule has 0 aromatic rings. The van der Waals surface area contributed by atoms with Crippen molar-refractivity contribution >= 4 is 0 Å². The summed E-state index contributed by atoms with van der Waals surface area (Å²) in [5.74, 6) is 0.572. The lowest BCUT2D eigenvalue weighted by Gasteiger charge is -2.49. The maximum absolute atomic E-state index is 11.3. The first-order valence-electron chi connectivity index (χ1n) is 22.9. The van der Waals surface area contributed by atoms with Crippen LogP contribution in [-0.2, 0) is 37.9 Å². The van der Waals surface area contributed by atoms with Crippen LogP contribution in [0, 0.1) is 0 Å². The van der Waals surface area contributed by atoms with E-state index in [1.165, 1.54) is 0 Å². The zero-order chi connectivity index (χ0) is 48.1. The first-order valence-corrected chi connectivity index (χ1v) is 22.9. The maximum Gasteiger partial charge on any atom is 0.215 e. The van der Waals surface area contributed by atoms with E-state index in [1.54, 1.807) is 27.9 Å². The number of aliphatic hydroxyl groups excluding tert-OH is 4. The molecule has 23 N–H and O–H groups in total. The molecule has 0 bridgehead atoms. The second kappa shape index (κ2) is 23.5.